The second kappa shape index (κ2) is 6.81. The van der Waals surface area contributed by atoms with Crippen LogP contribution in [0.4, 0.5) is 0 Å². The Labute approximate surface area is 114 Å². The summed E-state index contributed by atoms with van der Waals surface area (Å²) in [7, 11) is 0. The van der Waals surface area contributed by atoms with E-state index in [0.29, 0.717) is 18.2 Å². The van der Waals surface area contributed by atoms with Crippen molar-refractivity contribution >= 4 is 18.3 Å². The van der Waals surface area contributed by atoms with Gasteiger partial charge in [-0.15, -0.1) is 12.4 Å². The van der Waals surface area contributed by atoms with Crippen LogP contribution in [0.5, 0.6) is 0 Å². The van der Waals surface area contributed by atoms with E-state index in [0.717, 1.165) is 31.7 Å². The van der Waals surface area contributed by atoms with E-state index in [1.165, 1.54) is 6.42 Å². The predicted molar refractivity (Wildman–Crippen MR) is 73.0 cm³/mol. The Morgan fingerprint density at radius 1 is 1.56 bits per heavy atom. The van der Waals surface area contributed by atoms with Crippen LogP contribution in [-0.2, 0) is 0 Å². The maximum atomic E-state index is 12.2. The first-order valence-corrected chi connectivity index (χ1v) is 6.26. The number of carbonyl (C=O) groups is 1. The van der Waals surface area contributed by atoms with E-state index in [2.05, 4.69) is 0 Å². The number of hydrogen-bond acceptors (Lipinski definition) is 3. The molecule has 0 aliphatic carbocycles. The molecule has 5 heteroatoms. The van der Waals surface area contributed by atoms with Crippen LogP contribution in [0.15, 0.2) is 16.5 Å². The molecule has 0 bridgehead atoms. The Bertz CT molecular complexity index is 390. The van der Waals surface area contributed by atoms with Gasteiger partial charge in [0.1, 0.15) is 5.76 Å². The monoisotopic (exact) mass is 272 g/mol. The maximum absolute atomic E-state index is 12.2. The largest absolute Gasteiger partial charge is 0.456 e. The maximum Gasteiger partial charge on any atom is 0.289 e. The van der Waals surface area contributed by atoms with Gasteiger partial charge in [-0.2, -0.15) is 0 Å². The molecule has 1 unspecified atom stereocenters. The normalized spacial score (nSPS) is 19.4. The van der Waals surface area contributed by atoms with Crippen molar-refractivity contribution in [3.8, 4) is 0 Å². The minimum absolute atomic E-state index is 0. The standard InChI is InChI=1S/C13H20N2O2.ClH/c1-10-4-5-12(17-10)13(16)15-8-2-3-11(9-15)6-7-14;/h4-5,11H,2-3,6-9,14H2,1H3;1H. The molecule has 2 heterocycles. The van der Waals surface area contributed by atoms with E-state index in [1.807, 2.05) is 17.9 Å². The van der Waals surface area contributed by atoms with E-state index in [1.54, 1.807) is 6.07 Å². The summed E-state index contributed by atoms with van der Waals surface area (Å²) < 4.78 is 5.38. The fourth-order valence-corrected chi connectivity index (χ4v) is 2.43. The zero-order valence-corrected chi connectivity index (χ0v) is 11.5. The van der Waals surface area contributed by atoms with E-state index in [4.69, 9.17) is 10.2 Å². The highest BCUT2D eigenvalue weighted by molar-refractivity contribution is 5.91. The van der Waals surface area contributed by atoms with Gasteiger partial charge in [-0.1, -0.05) is 0 Å². The lowest BCUT2D eigenvalue weighted by Gasteiger charge is -2.32. The first-order valence-electron chi connectivity index (χ1n) is 6.26. The van der Waals surface area contributed by atoms with Crippen LogP contribution in [-0.4, -0.2) is 30.4 Å². The van der Waals surface area contributed by atoms with Crippen molar-refractivity contribution in [1.82, 2.24) is 4.90 Å². The number of piperidine rings is 1. The van der Waals surface area contributed by atoms with Gasteiger partial charge < -0.3 is 15.1 Å². The van der Waals surface area contributed by atoms with Crippen LogP contribution in [0.3, 0.4) is 0 Å². The molecule has 1 saturated heterocycles. The van der Waals surface area contributed by atoms with Crippen LogP contribution in [0.2, 0.25) is 0 Å². The Morgan fingerprint density at radius 3 is 2.94 bits per heavy atom. The van der Waals surface area contributed by atoms with Crippen molar-refractivity contribution in [3.63, 3.8) is 0 Å². The molecule has 0 saturated carbocycles. The molecular formula is C13H21ClN2O2. The molecule has 18 heavy (non-hydrogen) atoms. The number of carbonyl (C=O) groups excluding carboxylic acids is 1. The average molecular weight is 273 g/mol. The molecule has 1 aromatic heterocycles. The van der Waals surface area contributed by atoms with Crippen LogP contribution < -0.4 is 5.73 Å². The van der Waals surface area contributed by atoms with Gasteiger partial charge in [0.25, 0.3) is 5.91 Å². The lowest BCUT2D eigenvalue weighted by molar-refractivity contribution is 0.0636. The third-order valence-corrected chi connectivity index (χ3v) is 3.33. The van der Waals surface area contributed by atoms with Crippen molar-refractivity contribution in [3.05, 3.63) is 23.7 Å². The van der Waals surface area contributed by atoms with Crippen molar-refractivity contribution in [1.29, 1.82) is 0 Å². The van der Waals surface area contributed by atoms with E-state index >= 15 is 0 Å². The number of aryl methyl sites for hydroxylation is 1. The molecule has 0 spiro atoms. The van der Waals surface area contributed by atoms with Crippen LogP contribution >= 0.6 is 12.4 Å². The lowest BCUT2D eigenvalue weighted by Crippen LogP contribution is -2.40. The van der Waals surface area contributed by atoms with Crippen molar-refractivity contribution in [2.24, 2.45) is 11.7 Å². The number of nitrogens with zero attached hydrogens (tertiary/aromatic N) is 1. The fourth-order valence-electron chi connectivity index (χ4n) is 2.43. The second-order valence-electron chi connectivity index (χ2n) is 4.75. The van der Waals surface area contributed by atoms with Crippen molar-refractivity contribution in [2.75, 3.05) is 19.6 Å². The summed E-state index contributed by atoms with van der Waals surface area (Å²) in [6.45, 7) is 4.20. The summed E-state index contributed by atoms with van der Waals surface area (Å²) in [5, 5.41) is 0. The third-order valence-electron chi connectivity index (χ3n) is 3.33. The Balaban J connectivity index is 0.00000162. The molecule has 1 aliphatic heterocycles. The van der Waals surface area contributed by atoms with E-state index in [9.17, 15) is 4.79 Å². The Hall–Kier alpha value is -1.00. The topological polar surface area (TPSA) is 59.5 Å². The van der Waals surface area contributed by atoms with Gasteiger partial charge >= 0.3 is 0 Å². The van der Waals surface area contributed by atoms with Gasteiger partial charge in [-0.05, 0) is 50.8 Å². The summed E-state index contributed by atoms with van der Waals surface area (Å²) in [4.78, 5) is 14.1. The first-order chi connectivity index (χ1) is 8.20. The summed E-state index contributed by atoms with van der Waals surface area (Å²) in [5.41, 5.74) is 5.57. The molecule has 1 aliphatic rings. The SMILES string of the molecule is Cc1ccc(C(=O)N2CCCC(CCN)C2)o1.Cl. The molecule has 1 atom stereocenters. The molecule has 1 fully saturated rings. The summed E-state index contributed by atoms with van der Waals surface area (Å²) in [6, 6.07) is 3.58. The number of furan rings is 1. The van der Waals surface area contributed by atoms with E-state index in [-0.39, 0.29) is 18.3 Å². The zero-order valence-electron chi connectivity index (χ0n) is 10.7. The van der Waals surface area contributed by atoms with Gasteiger partial charge in [0.2, 0.25) is 0 Å². The Kier molecular flexibility index (Phi) is 5.69. The van der Waals surface area contributed by atoms with Gasteiger partial charge in [0.05, 0.1) is 0 Å². The van der Waals surface area contributed by atoms with Gasteiger partial charge in [-0.3, -0.25) is 4.79 Å². The predicted octanol–water partition coefficient (Wildman–Crippen LogP) is 2.21. The Morgan fingerprint density at radius 2 is 2.33 bits per heavy atom. The van der Waals surface area contributed by atoms with E-state index < -0.39 is 0 Å². The third kappa shape index (κ3) is 3.50. The van der Waals surface area contributed by atoms with Crippen molar-refractivity contribution < 1.29 is 9.21 Å². The van der Waals surface area contributed by atoms with Gasteiger partial charge in [0.15, 0.2) is 5.76 Å². The zero-order chi connectivity index (χ0) is 12.3. The highest BCUT2D eigenvalue weighted by atomic mass is 35.5. The summed E-state index contributed by atoms with van der Waals surface area (Å²) in [5.74, 6) is 1.80. The highest BCUT2D eigenvalue weighted by Gasteiger charge is 2.25. The van der Waals surface area contributed by atoms with Gasteiger partial charge in [0, 0.05) is 13.1 Å². The molecule has 0 aromatic carbocycles. The molecule has 2 rings (SSSR count). The van der Waals surface area contributed by atoms with Crippen molar-refractivity contribution in [2.45, 2.75) is 26.2 Å². The highest BCUT2D eigenvalue weighted by Crippen LogP contribution is 2.21. The molecule has 4 nitrogen and oxygen atoms in total. The molecule has 2 N–H and O–H groups in total. The minimum Gasteiger partial charge on any atom is -0.456 e. The number of rotatable bonds is 3. The molecule has 0 radical (unpaired) electrons. The number of likely N-dealkylation sites (tertiary alicyclic amines) is 1. The first kappa shape index (κ1) is 15.1. The minimum atomic E-state index is 0. The van der Waals surface area contributed by atoms with Crippen LogP contribution in [0, 0.1) is 12.8 Å². The van der Waals surface area contributed by atoms with Crippen LogP contribution in [0.1, 0.15) is 35.6 Å². The quantitative estimate of drug-likeness (QED) is 0.918. The fraction of sp³-hybridized carbons (Fsp3) is 0.615. The average Bonchev–Trinajstić information content (AvgIpc) is 2.76. The number of amides is 1. The number of hydrogen-bond donors (Lipinski definition) is 1. The molecule has 1 aromatic rings. The number of halogens is 1. The number of nitrogens with two attached hydrogens (primary N) is 1. The molecule has 1 amide bonds. The van der Waals surface area contributed by atoms with Gasteiger partial charge in [-0.25, -0.2) is 0 Å². The summed E-state index contributed by atoms with van der Waals surface area (Å²) in [6.07, 6.45) is 3.25. The lowest BCUT2D eigenvalue weighted by atomic mass is 9.95. The molecular weight excluding hydrogens is 252 g/mol. The molecule has 102 valence electrons. The second-order valence-corrected chi connectivity index (χ2v) is 4.75. The smallest absolute Gasteiger partial charge is 0.289 e. The summed E-state index contributed by atoms with van der Waals surface area (Å²) >= 11 is 0. The van der Waals surface area contributed by atoms with Crippen LogP contribution in [0.25, 0.3) is 0 Å².